The topological polar surface area (TPSA) is 12.5 Å². The van der Waals surface area contributed by atoms with Gasteiger partial charge in [-0.25, -0.2) is 0 Å². The maximum atomic E-state index is 5.68. The summed E-state index contributed by atoms with van der Waals surface area (Å²) in [6.07, 6.45) is 25.0. The van der Waals surface area contributed by atoms with Crippen LogP contribution in [0.4, 0.5) is 0 Å². The summed E-state index contributed by atoms with van der Waals surface area (Å²) >= 11 is 0. The molecule has 2 atom stereocenters. The summed E-state index contributed by atoms with van der Waals surface area (Å²) in [5, 5.41) is 0. The van der Waals surface area contributed by atoms with E-state index < -0.39 is 0 Å². The van der Waals surface area contributed by atoms with E-state index in [2.05, 4.69) is 27.7 Å². The van der Waals surface area contributed by atoms with Gasteiger partial charge in [-0.3, -0.25) is 0 Å². The molecule has 0 saturated carbocycles. The van der Waals surface area contributed by atoms with Gasteiger partial charge in [0, 0.05) is 0 Å². The number of epoxide rings is 1. The van der Waals surface area contributed by atoms with Crippen LogP contribution in [0.2, 0.25) is 0 Å². The van der Waals surface area contributed by atoms with Crippen LogP contribution in [0.15, 0.2) is 0 Å². The minimum Gasteiger partial charge on any atom is -0.367 e. The second-order valence-corrected chi connectivity index (χ2v) is 9.28. The lowest BCUT2D eigenvalue weighted by Gasteiger charge is -2.10. The van der Waals surface area contributed by atoms with Crippen LogP contribution in [0, 0.1) is 5.92 Å². The molecule has 1 fully saturated rings. The van der Waals surface area contributed by atoms with E-state index in [1.807, 2.05) is 0 Å². The highest BCUT2D eigenvalue weighted by Crippen LogP contribution is 2.39. The number of hydrogen-bond donors (Lipinski definition) is 0. The lowest BCUT2D eigenvalue weighted by Crippen LogP contribution is -2.05. The second-order valence-electron chi connectivity index (χ2n) is 9.28. The third-order valence-corrected chi connectivity index (χ3v) is 6.14. The normalized spacial score (nSPS) is 19.9. The number of unbranched alkanes of at least 4 members (excludes halogenated alkanes) is 13. The van der Waals surface area contributed by atoms with E-state index in [4.69, 9.17) is 4.74 Å². The van der Waals surface area contributed by atoms with Gasteiger partial charge in [0.2, 0.25) is 0 Å². The van der Waals surface area contributed by atoms with Gasteiger partial charge in [0.15, 0.2) is 0 Å². The first-order chi connectivity index (χ1) is 12.1. The molecule has 0 aromatic rings. The summed E-state index contributed by atoms with van der Waals surface area (Å²) in [5.41, 5.74) is 0.189. The molecule has 25 heavy (non-hydrogen) atoms. The molecule has 0 amide bonds. The summed E-state index contributed by atoms with van der Waals surface area (Å²) in [6, 6.07) is 0. The van der Waals surface area contributed by atoms with Crippen LogP contribution in [0.5, 0.6) is 0 Å². The Balaban J connectivity index is 1.71. The zero-order chi connectivity index (χ0) is 18.4. The summed E-state index contributed by atoms with van der Waals surface area (Å²) in [5.74, 6) is 0.886. The largest absolute Gasteiger partial charge is 0.367 e. The molecule has 150 valence electrons. The Morgan fingerprint density at radius 3 is 1.48 bits per heavy atom. The fraction of sp³-hybridized carbons (Fsp3) is 1.00. The molecule has 1 heterocycles. The van der Waals surface area contributed by atoms with Crippen LogP contribution < -0.4 is 0 Å². The second kappa shape index (κ2) is 14.1. The van der Waals surface area contributed by atoms with Gasteiger partial charge in [-0.05, 0) is 32.6 Å². The predicted molar refractivity (Wildman–Crippen MR) is 112 cm³/mol. The monoisotopic (exact) mass is 352 g/mol. The van der Waals surface area contributed by atoms with Crippen LogP contribution in [-0.2, 0) is 4.74 Å². The first-order valence-corrected chi connectivity index (χ1v) is 11.7. The van der Waals surface area contributed by atoms with Crippen molar-refractivity contribution in [3.8, 4) is 0 Å². The molecule has 0 unspecified atom stereocenters. The lowest BCUT2D eigenvalue weighted by molar-refractivity contribution is 0.312. The average molecular weight is 353 g/mol. The van der Waals surface area contributed by atoms with Crippen LogP contribution in [0.3, 0.4) is 0 Å². The minimum atomic E-state index is 0.189. The van der Waals surface area contributed by atoms with Crippen molar-refractivity contribution in [1.29, 1.82) is 0 Å². The van der Waals surface area contributed by atoms with E-state index in [0.29, 0.717) is 6.10 Å². The fourth-order valence-electron chi connectivity index (χ4n) is 4.01. The van der Waals surface area contributed by atoms with E-state index in [0.717, 1.165) is 5.92 Å². The van der Waals surface area contributed by atoms with Crippen LogP contribution in [0.1, 0.15) is 137 Å². The first-order valence-electron chi connectivity index (χ1n) is 11.7. The molecule has 0 N–H and O–H groups in total. The maximum Gasteiger partial charge on any atom is 0.0892 e. The van der Waals surface area contributed by atoms with Crippen molar-refractivity contribution < 1.29 is 4.74 Å². The molecule has 1 rings (SSSR count). The van der Waals surface area contributed by atoms with E-state index in [-0.39, 0.29) is 5.60 Å². The van der Waals surface area contributed by atoms with Gasteiger partial charge in [-0.15, -0.1) is 0 Å². The van der Waals surface area contributed by atoms with Gasteiger partial charge in [0.1, 0.15) is 0 Å². The Labute approximate surface area is 159 Å². The standard InChI is InChI=1S/C24H48O/c1-5-6-7-8-9-10-11-12-13-14-15-16-17-18-19-22(2)20-21-23-24(3,4)25-23/h22-23H,5-21H2,1-4H3/t22-,23+/m0/s1. The molecule has 0 radical (unpaired) electrons. The Morgan fingerprint density at radius 2 is 1.08 bits per heavy atom. The first kappa shape index (κ1) is 23.0. The van der Waals surface area contributed by atoms with E-state index in [1.54, 1.807) is 0 Å². The summed E-state index contributed by atoms with van der Waals surface area (Å²) in [7, 11) is 0. The molecule has 1 aliphatic rings. The molecule has 0 bridgehead atoms. The van der Waals surface area contributed by atoms with Crippen LogP contribution in [0.25, 0.3) is 0 Å². The summed E-state index contributed by atoms with van der Waals surface area (Å²) < 4.78 is 5.68. The minimum absolute atomic E-state index is 0.189. The molecular weight excluding hydrogens is 304 g/mol. The molecule has 0 aromatic carbocycles. The molecule has 1 heteroatoms. The van der Waals surface area contributed by atoms with Crippen molar-refractivity contribution in [1.82, 2.24) is 0 Å². The van der Waals surface area contributed by atoms with Crippen molar-refractivity contribution in [3.05, 3.63) is 0 Å². The van der Waals surface area contributed by atoms with E-state index in [9.17, 15) is 0 Å². The number of rotatable bonds is 18. The zero-order valence-corrected chi connectivity index (χ0v) is 18.1. The number of hydrogen-bond acceptors (Lipinski definition) is 1. The SMILES string of the molecule is CCCCCCCCCCCCCCCC[C@H](C)CC[C@H]1OC1(C)C. The van der Waals surface area contributed by atoms with Crippen molar-refractivity contribution in [2.45, 2.75) is 149 Å². The van der Waals surface area contributed by atoms with Gasteiger partial charge in [-0.2, -0.15) is 0 Å². The predicted octanol–water partition coefficient (Wildman–Crippen LogP) is 8.45. The zero-order valence-electron chi connectivity index (χ0n) is 18.1. The van der Waals surface area contributed by atoms with Gasteiger partial charge in [0.05, 0.1) is 11.7 Å². The van der Waals surface area contributed by atoms with Gasteiger partial charge >= 0.3 is 0 Å². The van der Waals surface area contributed by atoms with Crippen molar-refractivity contribution >= 4 is 0 Å². The van der Waals surface area contributed by atoms with Gasteiger partial charge < -0.3 is 4.74 Å². The highest BCUT2D eigenvalue weighted by atomic mass is 16.6. The van der Waals surface area contributed by atoms with E-state index >= 15 is 0 Å². The van der Waals surface area contributed by atoms with Crippen LogP contribution in [-0.4, -0.2) is 11.7 Å². The quantitative estimate of drug-likeness (QED) is 0.178. The Morgan fingerprint density at radius 1 is 0.680 bits per heavy atom. The van der Waals surface area contributed by atoms with Gasteiger partial charge in [0.25, 0.3) is 0 Å². The molecule has 1 aliphatic heterocycles. The number of ether oxygens (including phenoxy) is 1. The summed E-state index contributed by atoms with van der Waals surface area (Å²) in [4.78, 5) is 0. The maximum absolute atomic E-state index is 5.68. The van der Waals surface area contributed by atoms with Crippen molar-refractivity contribution in [2.24, 2.45) is 5.92 Å². The molecule has 1 nitrogen and oxygen atoms in total. The van der Waals surface area contributed by atoms with Crippen LogP contribution >= 0.6 is 0 Å². The highest BCUT2D eigenvalue weighted by molar-refractivity contribution is 4.94. The van der Waals surface area contributed by atoms with Crippen molar-refractivity contribution in [3.63, 3.8) is 0 Å². The lowest BCUT2D eigenvalue weighted by atomic mass is 9.95. The smallest absolute Gasteiger partial charge is 0.0892 e. The third-order valence-electron chi connectivity index (χ3n) is 6.14. The highest BCUT2D eigenvalue weighted by Gasteiger charge is 2.46. The fourth-order valence-corrected chi connectivity index (χ4v) is 4.01. The average Bonchev–Trinajstić information content (AvgIpc) is 3.20. The molecule has 0 aromatic heterocycles. The molecular formula is C24H48O. The Kier molecular flexibility index (Phi) is 12.9. The molecule has 0 spiro atoms. The van der Waals surface area contributed by atoms with Crippen molar-refractivity contribution in [2.75, 3.05) is 0 Å². The molecule has 0 aliphatic carbocycles. The Hall–Kier alpha value is -0.0400. The summed E-state index contributed by atoms with van der Waals surface area (Å²) in [6.45, 7) is 9.16. The Bertz CT molecular complexity index is 296. The third kappa shape index (κ3) is 12.9. The molecule has 1 saturated heterocycles. The van der Waals surface area contributed by atoms with Gasteiger partial charge in [-0.1, -0.05) is 110 Å². The van der Waals surface area contributed by atoms with E-state index in [1.165, 1.54) is 109 Å².